The van der Waals surface area contributed by atoms with Gasteiger partial charge in [0.2, 0.25) is 0 Å². The average Bonchev–Trinajstić information content (AvgIpc) is 2.27. The molecule has 0 aromatic rings. The fourth-order valence-electron chi connectivity index (χ4n) is 2.69. The fourth-order valence-corrected chi connectivity index (χ4v) is 4.08. The molecule has 0 aromatic heterocycles. The zero-order valence-corrected chi connectivity index (χ0v) is 16.5. The Kier molecular flexibility index (Phi) is 5.74. The molecule has 2 N–H and O–H groups in total. The zero-order valence-electron chi connectivity index (χ0n) is 15.5. The van der Waals surface area contributed by atoms with Crippen molar-refractivity contribution in [1.82, 2.24) is 10.2 Å². The molecule has 1 aliphatic heterocycles. The van der Waals surface area contributed by atoms with E-state index in [-0.39, 0.29) is 17.2 Å². The number of nitrogens with one attached hydrogen (secondary N) is 1. The van der Waals surface area contributed by atoms with Crippen LogP contribution >= 0.6 is 0 Å². The maximum atomic E-state index is 11.8. The van der Waals surface area contributed by atoms with Gasteiger partial charge in [0, 0.05) is 12.1 Å². The number of hydrogen-bond acceptors (Lipinski definition) is 3. The Hall–Kier alpha value is -0.593. The molecule has 6 heteroatoms. The van der Waals surface area contributed by atoms with Gasteiger partial charge in [-0.2, -0.15) is 0 Å². The van der Waals surface area contributed by atoms with Gasteiger partial charge in [0.15, 0.2) is 8.32 Å². The van der Waals surface area contributed by atoms with Crippen LogP contribution < -0.4 is 5.32 Å². The highest BCUT2D eigenvalue weighted by molar-refractivity contribution is 6.74. The molecule has 0 saturated carbocycles. The van der Waals surface area contributed by atoms with E-state index in [0.717, 1.165) is 13.0 Å². The Morgan fingerprint density at radius 1 is 1.23 bits per heavy atom. The van der Waals surface area contributed by atoms with Crippen LogP contribution in [0.5, 0.6) is 0 Å². The smallest absolute Gasteiger partial charge is 0.408 e. The summed E-state index contributed by atoms with van der Waals surface area (Å²) in [6.07, 6.45) is -0.0423. The highest BCUT2D eigenvalue weighted by Gasteiger charge is 2.45. The Morgan fingerprint density at radius 3 is 2.18 bits per heavy atom. The minimum Gasteiger partial charge on any atom is -0.465 e. The number of carboxylic acid groups (broad SMARTS) is 1. The van der Waals surface area contributed by atoms with Crippen LogP contribution in [0.1, 0.15) is 48.0 Å². The Labute approximate surface area is 136 Å². The molecule has 1 rings (SSSR count). The maximum Gasteiger partial charge on any atom is 0.408 e. The minimum absolute atomic E-state index is 0.0301. The van der Waals surface area contributed by atoms with Crippen LogP contribution in [0.2, 0.25) is 18.1 Å². The molecule has 0 aliphatic carbocycles. The first-order valence-electron chi connectivity index (χ1n) is 8.18. The van der Waals surface area contributed by atoms with Crippen LogP contribution in [0.4, 0.5) is 4.79 Å². The third kappa shape index (κ3) is 4.46. The van der Waals surface area contributed by atoms with Crippen LogP contribution in [0.15, 0.2) is 0 Å². The number of piperidine rings is 1. The Morgan fingerprint density at radius 2 is 1.77 bits per heavy atom. The molecule has 5 nitrogen and oxygen atoms in total. The Balaban J connectivity index is 3.03. The van der Waals surface area contributed by atoms with Gasteiger partial charge in [-0.05, 0) is 51.9 Å². The van der Waals surface area contributed by atoms with E-state index in [4.69, 9.17) is 4.43 Å². The second kappa shape index (κ2) is 6.49. The van der Waals surface area contributed by atoms with Crippen LogP contribution in [0.3, 0.4) is 0 Å². The van der Waals surface area contributed by atoms with Gasteiger partial charge in [0.25, 0.3) is 0 Å². The third-order valence-electron chi connectivity index (χ3n) is 4.90. The summed E-state index contributed by atoms with van der Waals surface area (Å²) in [5.41, 5.74) is -0.440. The van der Waals surface area contributed by atoms with E-state index >= 15 is 0 Å². The van der Waals surface area contributed by atoms with Crippen molar-refractivity contribution >= 4 is 14.4 Å². The average molecular weight is 331 g/mol. The molecule has 1 heterocycles. The van der Waals surface area contributed by atoms with Gasteiger partial charge in [-0.15, -0.1) is 0 Å². The predicted octanol–water partition coefficient (Wildman–Crippen LogP) is 3.52. The van der Waals surface area contributed by atoms with E-state index in [1.54, 1.807) is 4.90 Å². The van der Waals surface area contributed by atoms with Crippen molar-refractivity contribution in [2.45, 2.75) is 83.8 Å². The van der Waals surface area contributed by atoms with Crippen LogP contribution in [-0.2, 0) is 4.43 Å². The van der Waals surface area contributed by atoms with Crippen molar-refractivity contribution in [1.29, 1.82) is 0 Å². The quantitative estimate of drug-likeness (QED) is 0.777. The molecule has 22 heavy (non-hydrogen) atoms. The standard InChI is InChI=1S/C16H34N2O3Si/c1-15(2,3)18(14(19)20)12-11-17-10-9-13(12)21-22(7,8)16(4,5)6/h12-13,17H,9-11H2,1-8H3,(H,19,20)/t12-,13-/m0/s1. The lowest BCUT2D eigenvalue weighted by Gasteiger charge is -2.48. The summed E-state index contributed by atoms with van der Waals surface area (Å²) in [4.78, 5) is 13.4. The fraction of sp³-hybridized carbons (Fsp3) is 0.938. The molecular formula is C16H34N2O3Si. The topological polar surface area (TPSA) is 61.8 Å². The van der Waals surface area contributed by atoms with Gasteiger partial charge >= 0.3 is 6.09 Å². The normalized spacial score (nSPS) is 24.2. The van der Waals surface area contributed by atoms with Gasteiger partial charge in [-0.3, -0.25) is 4.90 Å². The van der Waals surface area contributed by atoms with Gasteiger partial charge in [-0.1, -0.05) is 20.8 Å². The number of hydrogen-bond donors (Lipinski definition) is 2. The second-order valence-corrected chi connectivity index (χ2v) is 13.6. The first-order chi connectivity index (χ1) is 9.77. The third-order valence-corrected chi connectivity index (χ3v) is 9.41. The monoisotopic (exact) mass is 330 g/mol. The molecule has 1 saturated heterocycles. The van der Waals surface area contributed by atoms with Gasteiger partial charge < -0.3 is 14.8 Å². The maximum absolute atomic E-state index is 11.8. The van der Waals surface area contributed by atoms with E-state index < -0.39 is 19.9 Å². The molecule has 1 amide bonds. The minimum atomic E-state index is -1.92. The molecule has 1 aliphatic rings. The lowest BCUT2D eigenvalue weighted by molar-refractivity contribution is -0.000420. The van der Waals surface area contributed by atoms with Crippen molar-refractivity contribution in [3.8, 4) is 0 Å². The summed E-state index contributed by atoms with van der Waals surface area (Å²) in [7, 11) is -1.92. The summed E-state index contributed by atoms with van der Waals surface area (Å²) in [6, 6.07) is -0.139. The van der Waals surface area contributed by atoms with Crippen molar-refractivity contribution in [2.24, 2.45) is 0 Å². The van der Waals surface area contributed by atoms with Gasteiger partial charge in [-0.25, -0.2) is 4.79 Å². The van der Waals surface area contributed by atoms with E-state index in [9.17, 15) is 9.90 Å². The summed E-state index contributed by atoms with van der Waals surface area (Å²) < 4.78 is 6.58. The number of nitrogens with zero attached hydrogens (tertiary/aromatic N) is 1. The summed E-state index contributed by atoms with van der Waals surface area (Å²) in [6.45, 7) is 18.5. The molecule has 0 radical (unpaired) electrons. The predicted molar refractivity (Wildman–Crippen MR) is 93.0 cm³/mol. The summed E-state index contributed by atoms with van der Waals surface area (Å²) in [5, 5.41) is 13.1. The SMILES string of the molecule is CC(C)(C)N(C(=O)O)[C@H]1CNCC[C@@H]1O[Si](C)(C)C(C)(C)C. The van der Waals surface area contributed by atoms with Crippen molar-refractivity contribution in [3.63, 3.8) is 0 Å². The van der Waals surface area contributed by atoms with E-state index in [0.29, 0.717) is 6.54 Å². The zero-order chi connectivity index (χ0) is 17.3. The lowest BCUT2D eigenvalue weighted by Crippen LogP contribution is -2.63. The van der Waals surface area contributed by atoms with E-state index in [1.165, 1.54) is 0 Å². The second-order valence-electron chi connectivity index (χ2n) is 8.80. The Bertz CT molecular complexity index is 399. The van der Waals surface area contributed by atoms with Gasteiger partial charge in [0.1, 0.15) is 0 Å². The first-order valence-corrected chi connectivity index (χ1v) is 11.1. The highest BCUT2D eigenvalue weighted by Crippen LogP contribution is 2.39. The number of amides is 1. The van der Waals surface area contributed by atoms with Crippen molar-refractivity contribution < 1.29 is 14.3 Å². The van der Waals surface area contributed by atoms with Crippen molar-refractivity contribution in [2.75, 3.05) is 13.1 Å². The molecule has 130 valence electrons. The van der Waals surface area contributed by atoms with Crippen LogP contribution in [0.25, 0.3) is 0 Å². The molecular weight excluding hydrogens is 296 g/mol. The van der Waals surface area contributed by atoms with E-state index in [2.05, 4.69) is 39.2 Å². The largest absolute Gasteiger partial charge is 0.465 e. The molecule has 0 unspecified atom stereocenters. The molecule has 0 spiro atoms. The molecule has 0 aromatic carbocycles. The number of carbonyl (C=O) groups is 1. The van der Waals surface area contributed by atoms with E-state index in [1.807, 2.05) is 20.8 Å². The van der Waals surface area contributed by atoms with Gasteiger partial charge in [0.05, 0.1) is 12.1 Å². The number of rotatable bonds is 3. The van der Waals surface area contributed by atoms with Crippen LogP contribution in [0, 0.1) is 0 Å². The van der Waals surface area contributed by atoms with Crippen molar-refractivity contribution in [3.05, 3.63) is 0 Å². The first kappa shape index (κ1) is 19.5. The van der Waals surface area contributed by atoms with Crippen LogP contribution in [-0.4, -0.2) is 55.2 Å². The molecule has 0 bridgehead atoms. The summed E-state index contributed by atoms with van der Waals surface area (Å²) in [5.74, 6) is 0. The molecule has 2 atom stereocenters. The lowest BCUT2D eigenvalue weighted by atomic mass is 9.96. The summed E-state index contributed by atoms with van der Waals surface area (Å²) >= 11 is 0. The molecule has 1 fully saturated rings. The highest BCUT2D eigenvalue weighted by atomic mass is 28.4.